The maximum absolute atomic E-state index is 12.5. The van der Waals surface area contributed by atoms with Crippen molar-refractivity contribution in [1.82, 2.24) is 4.31 Å². The molecule has 2 N–H and O–H groups in total. The van der Waals surface area contributed by atoms with Crippen molar-refractivity contribution < 1.29 is 13.3 Å². The average Bonchev–Trinajstić information content (AvgIpc) is 2.38. The minimum absolute atomic E-state index is 0.0924. The Balaban J connectivity index is 3.31. The molecule has 0 saturated carbocycles. The van der Waals surface area contributed by atoms with Gasteiger partial charge in [-0.3, -0.25) is 10.1 Å². The van der Waals surface area contributed by atoms with Crippen molar-refractivity contribution in [2.24, 2.45) is 0 Å². The van der Waals surface area contributed by atoms with Gasteiger partial charge in [-0.25, -0.2) is 8.42 Å². The number of nitro benzene ring substituents is 1. The highest BCUT2D eigenvalue weighted by molar-refractivity contribution is 7.89. The van der Waals surface area contributed by atoms with Crippen LogP contribution in [0.3, 0.4) is 0 Å². The van der Waals surface area contributed by atoms with Gasteiger partial charge in [-0.2, -0.15) is 4.31 Å². The standard InChI is InChI=1S/C12H19N3O4S/c1-4-9(3)14(5-2)20(18,19)12-7-6-10(15(16)17)8-11(12)13/h6-9H,4-5,13H2,1-3H3. The van der Waals surface area contributed by atoms with Crippen LogP contribution in [-0.2, 0) is 10.0 Å². The van der Waals surface area contributed by atoms with Crippen LogP contribution in [0.5, 0.6) is 0 Å². The van der Waals surface area contributed by atoms with Crippen LogP contribution < -0.4 is 5.73 Å². The zero-order chi connectivity index (χ0) is 15.5. The predicted molar refractivity (Wildman–Crippen MR) is 76.8 cm³/mol. The molecule has 0 saturated heterocycles. The lowest BCUT2D eigenvalue weighted by molar-refractivity contribution is -0.384. The third-order valence-electron chi connectivity index (χ3n) is 3.18. The van der Waals surface area contributed by atoms with E-state index in [2.05, 4.69) is 0 Å². The normalized spacial score (nSPS) is 13.4. The van der Waals surface area contributed by atoms with Gasteiger partial charge in [0.1, 0.15) is 4.90 Å². The molecular formula is C12H19N3O4S. The molecule has 1 unspecified atom stereocenters. The van der Waals surface area contributed by atoms with E-state index in [-0.39, 0.29) is 22.3 Å². The summed E-state index contributed by atoms with van der Waals surface area (Å²) in [6.45, 7) is 5.75. The number of hydrogen-bond acceptors (Lipinski definition) is 5. The molecule has 1 aromatic carbocycles. The molecule has 1 rings (SSSR count). The Morgan fingerprint density at radius 3 is 2.40 bits per heavy atom. The summed E-state index contributed by atoms with van der Waals surface area (Å²) in [6.07, 6.45) is 0.667. The molecule has 7 nitrogen and oxygen atoms in total. The lowest BCUT2D eigenvalue weighted by Gasteiger charge is -2.26. The highest BCUT2D eigenvalue weighted by Gasteiger charge is 2.29. The fraction of sp³-hybridized carbons (Fsp3) is 0.500. The van der Waals surface area contributed by atoms with Crippen LogP contribution in [-0.4, -0.2) is 30.2 Å². The molecule has 112 valence electrons. The molecule has 0 aromatic heterocycles. The Labute approximate surface area is 118 Å². The Hall–Kier alpha value is -1.67. The summed E-state index contributed by atoms with van der Waals surface area (Å²) in [6, 6.07) is 3.23. The molecule has 20 heavy (non-hydrogen) atoms. The largest absolute Gasteiger partial charge is 0.397 e. The lowest BCUT2D eigenvalue weighted by Crippen LogP contribution is -2.38. The van der Waals surface area contributed by atoms with Gasteiger partial charge < -0.3 is 5.73 Å². The molecule has 8 heteroatoms. The molecule has 0 bridgehead atoms. The number of sulfonamides is 1. The van der Waals surface area contributed by atoms with Crippen molar-refractivity contribution >= 4 is 21.4 Å². The van der Waals surface area contributed by atoms with Gasteiger partial charge >= 0.3 is 0 Å². The van der Waals surface area contributed by atoms with Crippen molar-refractivity contribution in [3.8, 4) is 0 Å². The first-order chi connectivity index (χ1) is 9.25. The minimum atomic E-state index is -3.75. The Kier molecular flexibility index (Phi) is 5.07. The molecule has 0 fully saturated rings. The molecule has 0 radical (unpaired) electrons. The summed E-state index contributed by atoms with van der Waals surface area (Å²) < 4.78 is 26.4. The number of nitrogens with two attached hydrogens (primary N) is 1. The van der Waals surface area contributed by atoms with Gasteiger partial charge in [0.15, 0.2) is 0 Å². The summed E-state index contributed by atoms with van der Waals surface area (Å²) in [7, 11) is -3.75. The minimum Gasteiger partial charge on any atom is -0.397 e. The molecular weight excluding hydrogens is 282 g/mol. The Bertz CT molecular complexity index is 601. The molecule has 0 heterocycles. The third-order valence-corrected chi connectivity index (χ3v) is 5.35. The summed E-state index contributed by atoms with van der Waals surface area (Å²) in [4.78, 5) is 9.94. The fourth-order valence-electron chi connectivity index (χ4n) is 1.93. The van der Waals surface area contributed by atoms with Gasteiger partial charge in [0.25, 0.3) is 5.69 Å². The second-order valence-corrected chi connectivity index (χ2v) is 6.30. The number of rotatable bonds is 6. The number of nitrogens with zero attached hydrogens (tertiary/aromatic N) is 2. The van der Waals surface area contributed by atoms with E-state index in [1.807, 2.05) is 13.8 Å². The van der Waals surface area contributed by atoms with Crippen LogP contribution in [0.15, 0.2) is 23.1 Å². The molecule has 0 aliphatic carbocycles. The van der Waals surface area contributed by atoms with Gasteiger partial charge in [-0.1, -0.05) is 13.8 Å². The first-order valence-corrected chi connectivity index (χ1v) is 7.75. The van der Waals surface area contributed by atoms with Crippen molar-refractivity contribution in [3.63, 3.8) is 0 Å². The Morgan fingerprint density at radius 1 is 1.40 bits per heavy atom. The summed E-state index contributed by atoms with van der Waals surface area (Å²) in [5.74, 6) is 0. The summed E-state index contributed by atoms with van der Waals surface area (Å²) in [5, 5.41) is 10.6. The van der Waals surface area contributed by atoms with Crippen molar-refractivity contribution in [2.45, 2.75) is 38.1 Å². The van der Waals surface area contributed by atoms with Crippen LogP contribution in [0.1, 0.15) is 27.2 Å². The van der Waals surface area contributed by atoms with E-state index >= 15 is 0 Å². The van der Waals surface area contributed by atoms with Gasteiger partial charge in [0.05, 0.1) is 10.6 Å². The second-order valence-electron chi connectivity index (χ2n) is 4.44. The van der Waals surface area contributed by atoms with Crippen molar-refractivity contribution in [3.05, 3.63) is 28.3 Å². The number of non-ortho nitro benzene ring substituents is 1. The fourth-order valence-corrected chi connectivity index (χ4v) is 3.75. The van der Waals surface area contributed by atoms with Gasteiger partial charge in [0.2, 0.25) is 10.0 Å². The number of benzene rings is 1. The number of nitrogen functional groups attached to an aromatic ring is 1. The lowest BCUT2D eigenvalue weighted by atomic mass is 10.3. The third kappa shape index (κ3) is 3.07. The van der Waals surface area contributed by atoms with Gasteiger partial charge in [-0.15, -0.1) is 0 Å². The van der Waals surface area contributed by atoms with Crippen LogP contribution in [0, 0.1) is 10.1 Å². The van der Waals surface area contributed by atoms with Crippen LogP contribution in [0.25, 0.3) is 0 Å². The van der Waals surface area contributed by atoms with E-state index in [1.54, 1.807) is 6.92 Å². The highest BCUT2D eigenvalue weighted by Crippen LogP contribution is 2.27. The Morgan fingerprint density at radius 2 is 2.00 bits per heavy atom. The first-order valence-electron chi connectivity index (χ1n) is 6.31. The van der Waals surface area contributed by atoms with E-state index in [0.717, 1.165) is 12.1 Å². The molecule has 1 aromatic rings. The van der Waals surface area contributed by atoms with Crippen LogP contribution >= 0.6 is 0 Å². The smallest absolute Gasteiger partial charge is 0.271 e. The number of hydrogen-bond donors (Lipinski definition) is 1. The quantitative estimate of drug-likeness (QED) is 0.491. The summed E-state index contributed by atoms with van der Waals surface area (Å²) in [5.41, 5.74) is 5.33. The zero-order valence-electron chi connectivity index (χ0n) is 11.7. The van der Waals surface area contributed by atoms with Crippen LogP contribution in [0.2, 0.25) is 0 Å². The summed E-state index contributed by atoms with van der Waals surface area (Å²) >= 11 is 0. The topological polar surface area (TPSA) is 107 Å². The van der Waals surface area contributed by atoms with E-state index < -0.39 is 14.9 Å². The average molecular weight is 301 g/mol. The monoisotopic (exact) mass is 301 g/mol. The maximum Gasteiger partial charge on any atom is 0.271 e. The second kappa shape index (κ2) is 6.19. The molecule has 0 aliphatic rings. The van der Waals surface area contributed by atoms with E-state index in [4.69, 9.17) is 5.73 Å². The number of anilines is 1. The molecule has 0 aliphatic heterocycles. The molecule has 0 spiro atoms. The van der Waals surface area contributed by atoms with E-state index in [9.17, 15) is 18.5 Å². The first kappa shape index (κ1) is 16.4. The SMILES string of the molecule is CCC(C)N(CC)S(=O)(=O)c1ccc([N+](=O)[O-])cc1N. The molecule has 0 amide bonds. The van der Waals surface area contributed by atoms with E-state index in [1.165, 1.54) is 10.4 Å². The van der Waals surface area contributed by atoms with Gasteiger partial charge in [-0.05, 0) is 19.4 Å². The van der Waals surface area contributed by atoms with Crippen molar-refractivity contribution in [2.75, 3.05) is 12.3 Å². The van der Waals surface area contributed by atoms with E-state index in [0.29, 0.717) is 13.0 Å². The maximum atomic E-state index is 12.5. The highest BCUT2D eigenvalue weighted by atomic mass is 32.2. The van der Waals surface area contributed by atoms with Crippen LogP contribution in [0.4, 0.5) is 11.4 Å². The van der Waals surface area contributed by atoms with Gasteiger partial charge in [0, 0.05) is 24.7 Å². The van der Waals surface area contributed by atoms with Crippen molar-refractivity contribution in [1.29, 1.82) is 0 Å². The molecule has 1 atom stereocenters. The zero-order valence-corrected chi connectivity index (χ0v) is 12.6. The predicted octanol–water partition coefficient (Wildman–Crippen LogP) is 1.99. The number of nitro groups is 1.